The van der Waals surface area contributed by atoms with Crippen molar-refractivity contribution in [3.05, 3.63) is 0 Å². The monoisotopic (exact) mass is 228 g/mol. The number of hydrogen-bond donors (Lipinski definition) is 0. The Morgan fingerprint density at radius 1 is 1.19 bits per heavy atom. The third-order valence-corrected chi connectivity index (χ3v) is 3.41. The van der Waals surface area contributed by atoms with E-state index in [0.29, 0.717) is 12.8 Å². The molecule has 0 heterocycles. The summed E-state index contributed by atoms with van der Waals surface area (Å²) >= 11 is 0. The number of carbonyl (C=O) groups excluding carboxylic acids is 2. The van der Waals surface area contributed by atoms with E-state index in [9.17, 15) is 9.59 Å². The molecule has 0 N–H and O–H groups in total. The molecular formula is C12H20O4. The van der Waals surface area contributed by atoms with E-state index in [0.717, 1.165) is 6.42 Å². The van der Waals surface area contributed by atoms with Crippen molar-refractivity contribution in [1.82, 2.24) is 0 Å². The van der Waals surface area contributed by atoms with Gasteiger partial charge in [-0.1, -0.05) is 13.8 Å². The van der Waals surface area contributed by atoms with Gasteiger partial charge in [0.1, 0.15) is 11.5 Å². The Labute approximate surface area is 96.3 Å². The largest absolute Gasteiger partial charge is 0.468 e. The predicted molar refractivity (Wildman–Crippen MR) is 58.9 cm³/mol. The minimum absolute atomic E-state index is 0.0624. The maximum atomic E-state index is 12.3. The number of esters is 1. The van der Waals surface area contributed by atoms with E-state index in [1.807, 2.05) is 13.8 Å². The molecular weight excluding hydrogens is 208 g/mol. The Bertz CT molecular complexity index is 273. The van der Waals surface area contributed by atoms with E-state index in [1.165, 1.54) is 14.2 Å². The summed E-state index contributed by atoms with van der Waals surface area (Å²) in [7, 11) is 2.84. The van der Waals surface area contributed by atoms with Crippen LogP contribution in [0.5, 0.6) is 0 Å². The first kappa shape index (κ1) is 13.2. The predicted octanol–water partition coefficient (Wildman–Crippen LogP) is 1.57. The van der Waals surface area contributed by atoms with Crippen molar-refractivity contribution in [2.24, 2.45) is 11.8 Å². The molecule has 0 aromatic heterocycles. The first-order chi connectivity index (χ1) is 7.48. The number of ether oxygens (including phenoxy) is 2. The Morgan fingerprint density at radius 3 is 2.00 bits per heavy atom. The summed E-state index contributed by atoms with van der Waals surface area (Å²) in [6.45, 7) is 3.70. The second-order valence-corrected chi connectivity index (χ2v) is 4.66. The zero-order valence-electron chi connectivity index (χ0n) is 10.4. The lowest BCUT2D eigenvalue weighted by Gasteiger charge is -2.41. The van der Waals surface area contributed by atoms with Crippen LogP contribution in [-0.4, -0.2) is 31.6 Å². The number of methoxy groups -OCH3 is 2. The molecule has 4 heteroatoms. The molecule has 1 saturated carbocycles. The summed E-state index contributed by atoms with van der Waals surface area (Å²) in [6.07, 6.45) is 2.40. The lowest BCUT2D eigenvalue weighted by Crippen LogP contribution is -2.52. The second kappa shape index (κ2) is 4.95. The van der Waals surface area contributed by atoms with E-state index in [2.05, 4.69) is 4.74 Å². The first-order valence-electron chi connectivity index (χ1n) is 5.66. The number of carbonyl (C=O) groups is 2. The van der Waals surface area contributed by atoms with Gasteiger partial charge in [-0.2, -0.15) is 0 Å². The normalized spacial score (nSPS) is 20.1. The van der Waals surface area contributed by atoms with Crippen LogP contribution in [-0.2, 0) is 19.1 Å². The number of ketones is 1. The third-order valence-electron chi connectivity index (χ3n) is 3.41. The van der Waals surface area contributed by atoms with Crippen LogP contribution in [0.15, 0.2) is 0 Å². The van der Waals surface area contributed by atoms with Gasteiger partial charge in [0, 0.05) is 7.11 Å². The van der Waals surface area contributed by atoms with Gasteiger partial charge in [0.25, 0.3) is 0 Å². The average Bonchev–Trinajstić information content (AvgIpc) is 2.16. The zero-order chi connectivity index (χ0) is 12.3. The number of Topliss-reactive ketones (excluding diaryl/α,β-unsaturated/α-hetero) is 1. The van der Waals surface area contributed by atoms with Crippen molar-refractivity contribution in [1.29, 1.82) is 0 Å². The van der Waals surface area contributed by atoms with Crippen LogP contribution in [0.3, 0.4) is 0 Å². The molecule has 1 aliphatic carbocycles. The van der Waals surface area contributed by atoms with Crippen molar-refractivity contribution in [2.45, 2.75) is 38.7 Å². The maximum absolute atomic E-state index is 12.3. The molecule has 0 amide bonds. The second-order valence-electron chi connectivity index (χ2n) is 4.66. The Balaban J connectivity index is 2.86. The molecule has 1 fully saturated rings. The standard InChI is InChI=1S/C12H20O4/c1-8(2)9(11(14)15-3)10(13)12(16-4)6-5-7-12/h8-9H,5-7H2,1-4H3. The van der Waals surface area contributed by atoms with Crippen LogP contribution >= 0.6 is 0 Å². The highest BCUT2D eigenvalue weighted by Gasteiger charge is 2.50. The molecule has 1 unspecified atom stereocenters. The third kappa shape index (κ3) is 2.12. The Hall–Kier alpha value is -0.900. The van der Waals surface area contributed by atoms with Crippen molar-refractivity contribution in [2.75, 3.05) is 14.2 Å². The van der Waals surface area contributed by atoms with Crippen LogP contribution in [0, 0.1) is 11.8 Å². The average molecular weight is 228 g/mol. The van der Waals surface area contributed by atoms with Crippen LogP contribution in [0.2, 0.25) is 0 Å². The summed E-state index contributed by atoms with van der Waals surface area (Å²) in [4.78, 5) is 23.9. The first-order valence-corrected chi connectivity index (χ1v) is 5.66. The van der Waals surface area contributed by atoms with Crippen molar-refractivity contribution >= 4 is 11.8 Å². The minimum atomic E-state index is -0.733. The van der Waals surface area contributed by atoms with Gasteiger partial charge in [0.05, 0.1) is 7.11 Å². The van der Waals surface area contributed by atoms with Gasteiger partial charge in [0.2, 0.25) is 0 Å². The van der Waals surface area contributed by atoms with E-state index < -0.39 is 17.5 Å². The van der Waals surface area contributed by atoms with Crippen LogP contribution in [0.25, 0.3) is 0 Å². The molecule has 0 aromatic carbocycles. The minimum Gasteiger partial charge on any atom is -0.468 e. The Kier molecular flexibility index (Phi) is 4.08. The lowest BCUT2D eigenvalue weighted by molar-refractivity contribution is -0.167. The summed E-state index contributed by atoms with van der Waals surface area (Å²) in [5, 5.41) is 0. The topological polar surface area (TPSA) is 52.6 Å². The summed E-state index contributed by atoms with van der Waals surface area (Å²) in [5.74, 6) is -1.34. The summed E-state index contributed by atoms with van der Waals surface area (Å²) < 4.78 is 9.99. The van der Waals surface area contributed by atoms with E-state index in [4.69, 9.17) is 4.74 Å². The molecule has 92 valence electrons. The molecule has 0 aliphatic heterocycles. The molecule has 1 atom stereocenters. The lowest BCUT2D eigenvalue weighted by atomic mass is 9.71. The molecule has 0 saturated heterocycles. The molecule has 0 radical (unpaired) electrons. The molecule has 0 spiro atoms. The van der Waals surface area contributed by atoms with Gasteiger partial charge < -0.3 is 9.47 Å². The zero-order valence-corrected chi connectivity index (χ0v) is 10.4. The van der Waals surface area contributed by atoms with Crippen LogP contribution in [0.4, 0.5) is 0 Å². The smallest absolute Gasteiger partial charge is 0.316 e. The van der Waals surface area contributed by atoms with Crippen LogP contribution < -0.4 is 0 Å². The summed E-state index contributed by atoms with van der Waals surface area (Å²) in [5.41, 5.74) is -0.733. The quantitative estimate of drug-likeness (QED) is 0.529. The molecule has 1 rings (SSSR count). The molecule has 4 nitrogen and oxygen atoms in total. The van der Waals surface area contributed by atoms with Crippen molar-refractivity contribution in [3.8, 4) is 0 Å². The van der Waals surface area contributed by atoms with Gasteiger partial charge in [-0.15, -0.1) is 0 Å². The van der Waals surface area contributed by atoms with Crippen molar-refractivity contribution in [3.63, 3.8) is 0 Å². The SMILES string of the molecule is COC(=O)C(C(=O)C1(OC)CCC1)C(C)C. The number of rotatable bonds is 5. The maximum Gasteiger partial charge on any atom is 0.316 e. The highest BCUT2D eigenvalue weighted by Crippen LogP contribution is 2.39. The van der Waals surface area contributed by atoms with Gasteiger partial charge in [0.15, 0.2) is 5.78 Å². The van der Waals surface area contributed by atoms with Gasteiger partial charge >= 0.3 is 5.97 Å². The molecule has 1 aliphatic rings. The molecule has 0 bridgehead atoms. The van der Waals surface area contributed by atoms with Crippen LogP contribution in [0.1, 0.15) is 33.1 Å². The molecule has 0 aromatic rings. The highest BCUT2D eigenvalue weighted by atomic mass is 16.5. The van der Waals surface area contributed by atoms with Gasteiger partial charge in [-0.05, 0) is 25.2 Å². The summed E-state index contributed by atoms with van der Waals surface area (Å²) in [6, 6.07) is 0. The van der Waals surface area contributed by atoms with E-state index in [1.54, 1.807) is 0 Å². The highest BCUT2D eigenvalue weighted by molar-refractivity contribution is 6.04. The Morgan fingerprint density at radius 2 is 1.75 bits per heavy atom. The van der Waals surface area contributed by atoms with Gasteiger partial charge in [-0.25, -0.2) is 0 Å². The fourth-order valence-corrected chi connectivity index (χ4v) is 2.14. The fourth-order valence-electron chi connectivity index (χ4n) is 2.14. The molecule has 16 heavy (non-hydrogen) atoms. The number of hydrogen-bond acceptors (Lipinski definition) is 4. The fraction of sp³-hybridized carbons (Fsp3) is 0.833. The van der Waals surface area contributed by atoms with E-state index in [-0.39, 0.29) is 11.7 Å². The van der Waals surface area contributed by atoms with Crippen molar-refractivity contribution < 1.29 is 19.1 Å². The van der Waals surface area contributed by atoms with E-state index >= 15 is 0 Å². The van der Waals surface area contributed by atoms with Gasteiger partial charge in [-0.3, -0.25) is 9.59 Å².